The third kappa shape index (κ3) is 3.31. The van der Waals surface area contributed by atoms with Crippen LogP contribution in [0.5, 0.6) is 0 Å². The van der Waals surface area contributed by atoms with E-state index in [0.29, 0.717) is 12.2 Å². The molecule has 0 fully saturated rings. The predicted octanol–water partition coefficient (Wildman–Crippen LogP) is 2.95. The normalized spacial score (nSPS) is 10.8. The van der Waals surface area contributed by atoms with Gasteiger partial charge in [0.2, 0.25) is 0 Å². The molecule has 0 bridgehead atoms. The second-order valence-electron chi connectivity index (χ2n) is 4.07. The van der Waals surface area contributed by atoms with Crippen LogP contribution in [0.1, 0.15) is 23.0 Å². The SMILES string of the molecule is CCOC(=O)c1ccc(N=Cc2cccn2C)cc1. The summed E-state index contributed by atoms with van der Waals surface area (Å²) in [6, 6.07) is 11.0. The summed E-state index contributed by atoms with van der Waals surface area (Å²) in [7, 11) is 1.96. The number of hydrogen-bond donors (Lipinski definition) is 0. The first kappa shape index (κ1) is 13.1. The minimum Gasteiger partial charge on any atom is -0.462 e. The van der Waals surface area contributed by atoms with E-state index >= 15 is 0 Å². The highest BCUT2D eigenvalue weighted by Gasteiger charge is 2.04. The van der Waals surface area contributed by atoms with Gasteiger partial charge in [0.25, 0.3) is 0 Å². The Morgan fingerprint density at radius 3 is 2.63 bits per heavy atom. The quantitative estimate of drug-likeness (QED) is 0.623. The molecule has 0 spiro atoms. The van der Waals surface area contributed by atoms with Crippen LogP contribution >= 0.6 is 0 Å². The molecule has 0 N–H and O–H groups in total. The van der Waals surface area contributed by atoms with Crippen molar-refractivity contribution in [2.75, 3.05) is 6.61 Å². The highest BCUT2D eigenvalue weighted by molar-refractivity contribution is 5.90. The summed E-state index contributed by atoms with van der Waals surface area (Å²) in [5.41, 5.74) is 2.36. The van der Waals surface area contributed by atoms with Gasteiger partial charge in [-0.25, -0.2) is 4.79 Å². The summed E-state index contributed by atoms with van der Waals surface area (Å²) < 4.78 is 6.90. The summed E-state index contributed by atoms with van der Waals surface area (Å²) in [4.78, 5) is 15.8. The van der Waals surface area contributed by atoms with Crippen molar-refractivity contribution in [3.8, 4) is 0 Å². The van der Waals surface area contributed by atoms with Gasteiger partial charge in [0.05, 0.1) is 29.8 Å². The number of esters is 1. The van der Waals surface area contributed by atoms with Crippen molar-refractivity contribution >= 4 is 17.9 Å². The Balaban J connectivity index is 2.09. The summed E-state index contributed by atoms with van der Waals surface area (Å²) in [5.74, 6) is -0.305. The largest absolute Gasteiger partial charge is 0.462 e. The Bertz CT molecular complexity index is 582. The summed E-state index contributed by atoms with van der Waals surface area (Å²) in [5, 5.41) is 0. The summed E-state index contributed by atoms with van der Waals surface area (Å²) >= 11 is 0. The van der Waals surface area contributed by atoms with Crippen LogP contribution in [-0.4, -0.2) is 23.4 Å². The number of aromatic nitrogens is 1. The van der Waals surface area contributed by atoms with Crippen molar-refractivity contribution in [2.45, 2.75) is 6.92 Å². The average Bonchev–Trinajstić information content (AvgIpc) is 2.83. The number of ether oxygens (including phenoxy) is 1. The van der Waals surface area contributed by atoms with Crippen LogP contribution in [0.25, 0.3) is 0 Å². The molecule has 1 aromatic carbocycles. The first-order valence-electron chi connectivity index (χ1n) is 6.13. The predicted molar refractivity (Wildman–Crippen MR) is 75.1 cm³/mol. The van der Waals surface area contributed by atoms with Gasteiger partial charge in [-0.1, -0.05) is 0 Å². The molecule has 0 amide bonds. The molecule has 0 unspecified atom stereocenters. The second kappa shape index (κ2) is 6.00. The third-order valence-electron chi connectivity index (χ3n) is 2.71. The molecule has 2 aromatic rings. The third-order valence-corrected chi connectivity index (χ3v) is 2.71. The molecule has 0 atom stereocenters. The van der Waals surface area contributed by atoms with Crippen molar-refractivity contribution < 1.29 is 9.53 Å². The van der Waals surface area contributed by atoms with E-state index in [1.165, 1.54) is 0 Å². The van der Waals surface area contributed by atoms with Gasteiger partial charge in [0.1, 0.15) is 0 Å². The summed E-state index contributed by atoms with van der Waals surface area (Å²) in [6.45, 7) is 2.17. The van der Waals surface area contributed by atoms with Gasteiger partial charge >= 0.3 is 5.97 Å². The Kier molecular flexibility index (Phi) is 4.13. The lowest BCUT2D eigenvalue weighted by atomic mass is 10.2. The fourth-order valence-corrected chi connectivity index (χ4v) is 1.65. The fraction of sp³-hybridized carbons (Fsp3) is 0.200. The summed E-state index contributed by atoms with van der Waals surface area (Å²) in [6.07, 6.45) is 3.75. The van der Waals surface area contributed by atoms with E-state index in [9.17, 15) is 4.79 Å². The number of nitrogens with zero attached hydrogens (tertiary/aromatic N) is 2. The van der Waals surface area contributed by atoms with Gasteiger partial charge < -0.3 is 9.30 Å². The first-order chi connectivity index (χ1) is 9.20. The van der Waals surface area contributed by atoms with Crippen LogP contribution in [0, 0.1) is 0 Å². The van der Waals surface area contributed by atoms with E-state index in [2.05, 4.69) is 4.99 Å². The van der Waals surface area contributed by atoms with Crippen molar-refractivity contribution in [1.82, 2.24) is 4.57 Å². The number of carbonyl (C=O) groups is 1. The average molecular weight is 256 g/mol. The molecule has 2 rings (SSSR count). The minimum atomic E-state index is -0.305. The molecule has 19 heavy (non-hydrogen) atoms. The van der Waals surface area contributed by atoms with Crippen molar-refractivity contribution in [3.05, 3.63) is 53.9 Å². The van der Waals surface area contributed by atoms with E-state index in [4.69, 9.17) is 4.74 Å². The zero-order valence-electron chi connectivity index (χ0n) is 11.0. The Morgan fingerprint density at radius 1 is 1.32 bits per heavy atom. The number of rotatable bonds is 4. The molecule has 0 aliphatic heterocycles. The molecule has 0 radical (unpaired) electrons. The Labute approximate surface area is 112 Å². The highest BCUT2D eigenvalue weighted by atomic mass is 16.5. The van der Waals surface area contributed by atoms with E-state index in [-0.39, 0.29) is 5.97 Å². The first-order valence-corrected chi connectivity index (χ1v) is 6.13. The topological polar surface area (TPSA) is 43.6 Å². The van der Waals surface area contributed by atoms with Crippen molar-refractivity contribution in [1.29, 1.82) is 0 Å². The highest BCUT2D eigenvalue weighted by Crippen LogP contribution is 2.14. The number of aliphatic imine (C=N–C) groups is 1. The Hall–Kier alpha value is -2.36. The number of carbonyl (C=O) groups excluding carboxylic acids is 1. The number of hydrogen-bond acceptors (Lipinski definition) is 3. The van der Waals surface area contributed by atoms with Crippen LogP contribution in [0.3, 0.4) is 0 Å². The zero-order chi connectivity index (χ0) is 13.7. The van der Waals surface area contributed by atoms with Gasteiger partial charge in [-0.2, -0.15) is 0 Å². The van der Waals surface area contributed by atoms with Crippen molar-refractivity contribution in [2.24, 2.45) is 12.0 Å². The van der Waals surface area contributed by atoms with Gasteiger partial charge in [-0.15, -0.1) is 0 Å². The number of aryl methyl sites for hydroxylation is 1. The fourth-order valence-electron chi connectivity index (χ4n) is 1.65. The van der Waals surface area contributed by atoms with Crippen LogP contribution < -0.4 is 0 Å². The van der Waals surface area contributed by atoms with Gasteiger partial charge in [-0.3, -0.25) is 4.99 Å². The number of benzene rings is 1. The van der Waals surface area contributed by atoms with E-state index < -0.39 is 0 Å². The van der Waals surface area contributed by atoms with Gasteiger partial charge in [0, 0.05) is 13.2 Å². The maximum atomic E-state index is 11.5. The maximum absolute atomic E-state index is 11.5. The van der Waals surface area contributed by atoms with E-state index in [1.807, 2.05) is 29.9 Å². The molecule has 0 aliphatic carbocycles. The maximum Gasteiger partial charge on any atom is 0.338 e. The van der Waals surface area contributed by atoms with Crippen molar-refractivity contribution in [3.63, 3.8) is 0 Å². The lowest BCUT2D eigenvalue weighted by Gasteiger charge is -2.01. The monoisotopic (exact) mass is 256 g/mol. The molecule has 4 heteroatoms. The van der Waals surface area contributed by atoms with E-state index in [0.717, 1.165) is 11.4 Å². The van der Waals surface area contributed by atoms with Crippen LogP contribution in [0.2, 0.25) is 0 Å². The smallest absolute Gasteiger partial charge is 0.338 e. The van der Waals surface area contributed by atoms with Crippen LogP contribution in [-0.2, 0) is 11.8 Å². The molecule has 0 aliphatic rings. The lowest BCUT2D eigenvalue weighted by Crippen LogP contribution is -2.03. The zero-order valence-corrected chi connectivity index (χ0v) is 11.0. The lowest BCUT2D eigenvalue weighted by molar-refractivity contribution is 0.0526. The van der Waals surface area contributed by atoms with E-state index in [1.54, 1.807) is 37.4 Å². The Morgan fingerprint density at radius 2 is 2.05 bits per heavy atom. The molecular weight excluding hydrogens is 240 g/mol. The van der Waals surface area contributed by atoms with Crippen LogP contribution in [0.15, 0.2) is 47.6 Å². The molecule has 1 heterocycles. The molecule has 4 nitrogen and oxygen atoms in total. The van der Waals surface area contributed by atoms with Gasteiger partial charge in [0.15, 0.2) is 0 Å². The van der Waals surface area contributed by atoms with Crippen LogP contribution in [0.4, 0.5) is 5.69 Å². The second-order valence-corrected chi connectivity index (χ2v) is 4.07. The molecule has 98 valence electrons. The molecule has 0 saturated heterocycles. The van der Waals surface area contributed by atoms with Gasteiger partial charge in [-0.05, 0) is 43.3 Å². The minimum absolute atomic E-state index is 0.305. The standard InChI is InChI=1S/C15H16N2O2/c1-3-19-15(18)12-6-8-13(9-7-12)16-11-14-5-4-10-17(14)2/h4-11H,3H2,1-2H3. The molecule has 0 saturated carbocycles. The molecular formula is C15H16N2O2. The molecule has 1 aromatic heterocycles.